The molecule has 0 bridgehead atoms. The molecule has 1 atom stereocenters. The Bertz CT molecular complexity index is 1600. The molecule has 0 saturated heterocycles. The number of unbranched alkanes of at least 4 members (excludes halogenated alkanes) is 1. The number of anilines is 1. The highest BCUT2D eigenvalue weighted by atomic mass is 35.5. The summed E-state index contributed by atoms with van der Waals surface area (Å²) in [5.74, 6) is -1.35. The number of nitrogens with one attached hydrogen (secondary N) is 1. The Morgan fingerprint density at radius 1 is 0.932 bits per heavy atom. The van der Waals surface area contributed by atoms with Crippen LogP contribution in [-0.2, 0) is 32.3 Å². The van der Waals surface area contributed by atoms with Gasteiger partial charge in [0.05, 0.1) is 31.2 Å². The average molecular weight is 693 g/mol. The van der Waals surface area contributed by atoms with E-state index in [1.165, 1.54) is 43.3 Å². The number of hydrogen-bond donors (Lipinski definition) is 1. The number of hydrogen-bond acceptors (Lipinski definition) is 4. The fourth-order valence-corrected chi connectivity index (χ4v) is 6.16. The van der Waals surface area contributed by atoms with Gasteiger partial charge < -0.3 is 10.2 Å². The van der Waals surface area contributed by atoms with Crippen LogP contribution in [0.25, 0.3) is 0 Å². The number of alkyl halides is 3. The molecule has 0 saturated carbocycles. The maximum Gasteiger partial charge on any atom is 0.417 e. The Labute approximate surface area is 269 Å². The first-order chi connectivity index (χ1) is 20.6. The molecule has 3 aromatic rings. The lowest BCUT2D eigenvalue weighted by Gasteiger charge is -2.32. The Balaban J connectivity index is 2.11. The molecule has 0 aliphatic rings. The van der Waals surface area contributed by atoms with Crippen LogP contribution >= 0.6 is 34.8 Å². The number of sulfonamides is 1. The number of halogens is 6. The highest BCUT2D eigenvalue weighted by Crippen LogP contribution is 2.38. The van der Waals surface area contributed by atoms with Gasteiger partial charge in [0, 0.05) is 13.1 Å². The lowest BCUT2D eigenvalue weighted by Crippen LogP contribution is -2.51. The number of aryl methyl sites for hydroxylation is 1. The van der Waals surface area contributed by atoms with Gasteiger partial charge in [-0.2, -0.15) is 13.2 Å². The van der Waals surface area contributed by atoms with Gasteiger partial charge in [0.15, 0.2) is 0 Å². The second kappa shape index (κ2) is 14.9. The Hall–Kier alpha value is -2.99. The molecule has 0 aliphatic heterocycles. The number of carbonyl (C=O) groups is 2. The fraction of sp³-hybridized carbons (Fsp3) is 0.333. The van der Waals surface area contributed by atoms with Gasteiger partial charge in [0.2, 0.25) is 11.8 Å². The quantitative estimate of drug-likeness (QED) is 0.199. The van der Waals surface area contributed by atoms with E-state index in [1.54, 1.807) is 13.0 Å². The summed E-state index contributed by atoms with van der Waals surface area (Å²) >= 11 is 18.0. The van der Waals surface area contributed by atoms with Gasteiger partial charge in [0.25, 0.3) is 10.0 Å². The highest BCUT2D eigenvalue weighted by molar-refractivity contribution is 7.92. The third kappa shape index (κ3) is 8.80. The molecule has 7 nitrogen and oxygen atoms in total. The minimum atomic E-state index is -4.90. The Morgan fingerprint density at radius 3 is 2.16 bits per heavy atom. The van der Waals surface area contributed by atoms with E-state index in [0.29, 0.717) is 28.9 Å². The Kier molecular flexibility index (Phi) is 12.0. The minimum absolute atomic E-state index is 0.176. The summed E-state index contributed by atoms with van der Waals surface area (Å²) < 4.78 is 69.7. The van der Waals surface area contributed by atoms with E-state index < -0.39 is 56.9 Å². The molecule has 0 spiro atoms. The molecule has 0 aliphatic carbocycles. The van der Waals surface area contributed by atoms with Crippen molar-refractivity contribution in [2.24, 2.45) is 0 Å². The zero-order valence-corrected chi connectivity index (χ0v) is 27.2. The van der Waals surface area contributed by atoms with Crippen molar-refractivity contribution in [3.05, 3.63) is 92.4 Å². The molecular formula is C30H31Cl3F3N3O4S. The number of amides is 2. The van der Waals surface area contributed by atoms with Crippen LogP contribution in [0.15, 0.2) is 65.6 Å². The summed E-state index contributed by atoms with van der Waals surface area (Å²) in [6.07, 6.45) is -3.39. The van der Waals surface area contributed by atoms with Crippen molar-refractivity contribution in [2.75, 3.05) is 17.4 Å². The molecule has 238 valence electrons. The number of benzene rings is 3. The first-order valence-electron chi connectivity index (χ1n) is 13.5. The van der Waals surface area contributed by atoms with Crippen LogP contribution in [0.1, 0.15) is 43.4 Å². The molecule has 3 aromatic carbocycles. The van der Waals surface area contributed by atoms with Gasteiger partial charge in [-0.15, -0.1) is 0 Å². The highest BCUT2D eigenvalue weighted by Gasteiger charge is 2.37. The number of rotatable bonds is 12. The summed E-state index contributed by atoms with van der Waals surface area (Å²) in [7, 11) is -4.59. The van der Waals surface area contributed by atoms with Crippen LogP contribution in [0.4, 0.5) is 18.9 Å². The fourth-order valence-electron chi connectivity index (χ4n) is 4.21. The first-order valence-corrected chi connectivity index (χ1v) is 16.1. The van der Waals surface area contributed by atoms with Crippen molar-refractivity contribution in [1.82, 2.24) is 10.2 Å². The van der Waals surface area contributed by atoms with Crippen LogP contribution in [0.3, 0.4) is 0 Å². The molecule has 2 amide bonds. The lowest BCUT2D eigenvalue weighted by molar-refractivity contribution is -0.139. The SMILES string of the molecule is CCCCNC(=O)C(C)N(Cc1ccc(Cl)c(Cl)c1)C(=O)CN(c1ccc(Cl)c(C(F)(F)F)c1)S(=O)(=O)c1ccc(C)cc1. The lowest BCUT2D eigenvalue weighted by atomic mass is 10.1. The van der Waals surface area contributed by atoms with Crippen LogP contribution in [0.5, 0.6) is 0 Å². The summed E-state index contributed by atoms with van der Waals surface area (Å²) in [5, 5.41) is 2.57. The molecule has 0 aromatic heterocycles. The largest absolute Gasteiger partial charge is 0.417 e. The van der Waals surface area contributed by atoms with Crippen LogP contribution in [0, 0.1) is 6.92 Å². The second-order valence-corrected chi connectivity index (χ2v) is 13.2. The molecule has 0 heterocycles. The van der Waals surface area contributed by atoms with Crippen molar-refractivity contribution in [2.45, 2.75) is 57.3 Å². The molecule has 0 fully saturated rings. The zero-order valence-electron chi connectivity index (χ0n) is 24.1. The van der Waals surface area contributed by atoms with E-state index in [4.69, 9.17) is 34.8 Å². The molecular weight excluding hydrogens is 662 g/mol. The first kappa shape index (κ1) is 35.5. The molecule has 3 rings (SSSR count). The molecule has 1 N–H and O–H groups in total. The van der Waals surface area contributed by atoms with Crippen molar-refractivity contribution in [3.63, 3.8) is 0 Å². The third-order valence-electron chi connectivity index (χ3n) is 6.76. The van der Waals surface area contributed by atoms with Crippen molar-refractivity contribution in [1.29, 1.82) is 0 Å². The monoisotopic (exact) mass is 691 g/mol. The maximum absolute atomic E-state index is 14.0. The normalized spacial score (nSPS) is 12.5. The average Bonchev–Trinajstić information content (AvgIpc) is 2.96. The standard InChI is InChI=1S/C30H31Cl3F3N3O4S/c1-4-5-14-37-29(41)20(3)38(17-21-8-12-26(32)27(33)15-21)28(40)18-39(44(42,43)23-10-6-19(2)7-11-23)22-9-13-25(31)24(16-22)30(34,35)36/h6-13,15-16,20H,4-5,14,17-18H2,1-3H3,(H,37,41). The zero-order chi connectivity index (χ0) is 32.8. The Morgan fingerprint density at radius 2 is 1.57 bits per heavy atom. The third-order valence-corrected chi connectivity index (χ3v) is 9.62. The summed E-state index contributed by atoms with van der Waals surface area (Å²) in [5.41, 5.74) is -0.484. The topological polar surface area (TPSA) is 86.8 Å². The molecule has 44 heavy (non-hydrogen) atoms. The van der Waals surface area contributed by atoms with Gasteiger partial charge in [-0.3, -0.25) is 13.9 Å². The molecule has 1 unspecified atom stereocenters. The van der Waals surface area contributed by atoms with Gasteiger partial charge in [0.1, 0.15) is 12.6 Å². The van der Waals surface area contributed by atoms with E-state index in [9.17, 15) is 31.2 Å². The maximum atomic E-state index is 14.0. The minimum Gasteiger partial charge on any atom is -0.354 e. The van der Waals surface area contributed by atoms with Crippen LogP contribution in [0.2, 0.25) is 15.1 Å². The number of nitrogens with zero attached hydrogens (tertiary/aromatic N) is 2. The van der Waals surface area contributed by atoms with Crippen molar-refractivity contribution >= 4 is 62.3 Å². The van der Waals surface area contributed by atoms with Gasteiger partial charge >= 0.3 is 6.18 Å². The van der Waals surface area contributed by atoms with E-state index in [0.717, 1.165) is 29.0 Å². The van der Waals surface area contributed by atoms with Crippen molar-refractivity contribution in [3.8, 4) is 0 Å². The van der Waals surface area contributed by atoms with Crippen molar-refractivity contribution < 1.29 is 31.2 Å². The summed E-state index contributed by atoms with van der Waals surface area (Å²) in [6.45, 7) is 4.40. The summed E-state index contributed by atoms with van der Waals surface area (Å²) in [4.78, 5) is 27.9. The summed E-state index contributed by atoms with van der Waals surface area (Å²) in [6, 6.07) is 11.7. The molecule has 14 heteroatoms. The number of carbonyl (C=O) groups excluding carboxylic acids is 2. The smallest absolute Gasteiger partial charge is 0.354 e. The van der Waals surface area contributed by atoms with Crippen LogP contribution < -0.4 is 9.62 Å². The van der Waals surface area contributed by atoms with E-state index in [-0.39, 0.29) is 21.5 Å². The second-order valence-electron chi connectivity index (χ2n) is 10.1. The van der Waals surface area contributed by atoms with Gasteiger partial charge in [-0.05, 0) is 68.3 Å². The predicted molar refractivity (Wildman–Crippen MR) is 167 cm³/mol. The van der Waals surface area contributed by atoms with E-state index in [2.05, 4.69) is 5.32 Å². The van der Waals surface area contributed by atoms with Crippen LogP contribution in [-0.4, -0.2) is 44.3 Å². The van der Waals surface area contributed by atoms with Gasteiger partial charge in [-0.1, -0.05) is 71.9 Å². The van der Waals surface area contributed by atoms with Gasteiger partial charge in [-0.25, -0.2) is 8.42 Å². The predicted octanol–water partition coefficient (Wildman–Crippen LogP) is 7.50. The van der Waals surface area contributed by atoms with E-state index >= 15 is 0 Å². The molecule has 0 radical (unpaired) electrons. The van der Waals surface area contributed by atoms with E-state index in [1.807, 2.05) is 6.92 Å².